The monoisotopic (exact) mass is 247 g/mol. The van der Waals surface area contributed by atoms with Gasteiger partial charge in [0.1, 0.15) is 5.75 Å². The molecule has 0 unspecified atom stereocenters. The molecule has 1 atom stereocenters. The van der Waals surface area contributed by atoms with E-state index in [-0.39, 0.29) is 5.91 Å². The van der Waals surface area contributed by atoms with E-state index < -0.39 is 0 Å². The van der Waals surface area contributed by atoms with Gasteiger partial charge in [0.15, 0.2) is 0 Å². The lowest BCUT2D eigenvalue weighted by atomic mass is 10.0. The molecule has 0 aliphatic carbocycles. The smallest absolute Gasteiger partial charge is 0.227 e. The lowest BCUT2D eigenvalue weighted by Gasteiger charge is -2.17. The van der Waals surface area contributed by atoms with Gasteiger partial charge in [-0.1, -0.05) is 19.8 Å². The molecule has 1 aromatic rings. The summed E-state index contributed by atoms with van der Waals surface area (Å²) in [7, 11) is 1.65. The van der Waals surface area contributed by atoms with E-state index in [1.165, 1.54) is 12.8 Å². The van der Waals surface area contributed by atoms with Crippen LogP contribution in [0.2, 0.25) is 0 Å². The minimum Gasteiger partial charge on any atom is -0.497 e. The Morgan fingerprint density at radius 3 is 2.67 bits per heavy atom. The van der Waals surface area contributed by atoms with Crippen LogP contribution in [-0.2, 0) is 4.79 Å². The molecule has 1 fully saturated rings. The van der Waals surface area contributed by atoms with Gasteiger partial charge in [0, 0.05) is 18.7 Å². The first-order valence-electron chi connectivity index (χ1n) is 6.69. The molecule has 0 aromatic heterocycles. The fourth-order valence-electron chi connectivity index (χ4n) is 2.48. The van der Waals surface area contributed by atoms with E-state index in [0.29, 0.717) is 12.3 Å². The van der Waals surface area contributed by atoms with E-state index >= 15 is 0 Å². The van der Waals surface area contributed by atoms with E-state index in [4.69, 9.17) is 4.74 Å². The lowest BCUT2D eigenvalue weighted by Crippen LogP contribution is -2.24. The van der Waals surface area contributed by atoms with Crippen molar-refractivity contribution in [2.75, 3.05) is 18.6 Å². The molecule has 1 heterocycles. The fourth-order valence-corrected chi connectivity index (χ4v) is 2.48. The zero-order valence-corrected chi connectivity index (χ0v) is 11.2. The summed E-state index contributed by atoms with van der Waals surface area (Å²) >= 11 is 0. The van der Waals surface area contributed by atoms with E-state index in [9.17, 15) is 4.79 Å². The highest BCUT2D eigenvalue weighted by atomic mass is 16.5. The molecule has 3 heteroatoms. The van der Waals surface area contributed by atoms with Gasteiger partial charge in [0.25, 0.3) is 0 Å². The van der Waals surface area contributed by atoms with Gasteiger partial charge in [-0.2, -0.15) is 0 Å². The average molecular weight is 247 g/mol. The van der Waals surface area contributed by atoms with Crippen molar-refractivity contribution in [1.82, 2.24) is 0 Å². The van der Waals surface area contributed by atoms with E-state index in [2.05, 4.69) is 6.92 Å². The number of carbonyl (C=O) groups is 1. The quantitative estimate of drug-likeness (QED) is 0.799. The third-order valence-corrected chi connectivity index (χ3v) is 3.56. The van der Waals surface area contributed by atoms with Crippen LogP contribution in [0, 0.1) is 5.92 Å². The highest BCUT2D eigenvalue weighted by Crippen LogP contribution is 2.29. The van der Waals surface area contributed by atoms with Crippen LogP contribution in [0.25, 0.3) is 0 Å². The van der Waals surface area contributed by atoms with Crippen molar-refractivity contribution in [3.05, 3.63) is 24.3 Å². The Labute approximate surface area is 109 Å². The SMILES string of the molecule is CCCC[C@@H]1CC(=O)N(c2ccc(OC)cc2)C1. The first-order chi connectivity index (χ1) is 8.74. The Morgan fingerprint density at radius 1 is 1.33 bits per heavy atom. The maximum atomic E-state index is 12.0. The van der Waals surface area contributed by atoms with Crippen LogP contribution < -0.4 is 9.64 Å². The molecule has 0 saturated carbocycles. The minimum absolute atomic E-state index is 0.251. The first-order valence-corrected chi connectivity index (χ1v) is 6.69. The number of amides is 1. The van der Waals surface area contributed by atoms with E-state index in [0.717, 1.165) is 24.4 Å². The van der Waals surface area contributed by atoms with Crippen molar-refractivity contribution < 1.29 is 9.53 Å². The van der Waals surface area contributed by atoms with Gasteiger partial charge >= 0.3 is 0 Å². The first kappa shape index (κ1) is 12.9. The van der Waals surface area contributed by atoms with Crippen molar-refractivity contribution in [1.29, 1.82) is 0 Å². The molecule has 0 spiro atoms. The van der Waals surface area contributed by atoms with Gasteiger partial charge in [-0.05, 0) is 36.6 Å². The van der Waals surface area contributed by atoms with Gasteiger partial charge in [-0.3, -0.25) is 4.79 Å². The summed E-state index contributed by atoms with van der Waals surface area (Å²) in [6.45, 7) is 3.06. The molecule has 3 nitrogen and oxygen atoms in total. The van der Waals surface area contributed by atoms with Crippen LogP contribution >= 0.6 is 0 Å². The highest BCUT2D eigenvalue weighted by molar-refractivity contribution is 5.95. The Morgan fingerprint density at radius 2 is 2.06 bits per heavy atom. The minimum atomic E-state index is 0.251. The summed E-state index contributed by atoms with van der Waals surface area (Å²) in [5.74, 6) is 1.61. The molecule has 98 valence electrons. The van der Waals surface area contributed by atoms with Crippen molar-refractivity contribution in [2.45, 2.75) is 32.6 Å². The second-order valence-corrected chi connectivity index (χ2v) is 4.91. The normalized spacial score (nSPS) is 19.3. The molecule has 0 N–H and O–H groups in total. The Bertz CT molecular complexity index is 399. The maximum Gasteiger partial charge on any atom is 0.227 e. The van der Waals surface area contributed by atoms with Gasteiger partial charge in [0.2, 0.25) is 5.91 Å². The number of hydrogen-bond donors (Lipinski definition) is 0. The number of nitrogens with zero attached hydrogens (tertiary/aromatic N) is 1. The molecule has 18 heavy (non-hydrogen) atoms. The van der Waals surface area contributed by atoms with Gasteiger partial charge in [0.05, 0.1) is 7.11 Å². The number of unbranched alkanes of at least 4 members (excludes halogenated alkanes) is 1. The number of ether oxygens (including phenoxy) is 1. The molecule has 1 amide bonds. The fraction of sp³-hybridized carbons (Fsp3) is 0.533. The largest absolute Gasteiger partial charge is 0.497 e. The van der Waals surface area contributed by atoms with Gasteiger partial charge < -0.3 is 9.64 Å². The van der Waals surface area contributed by atoms with Crippen LogP contribution in [-0.4, -0.2) is 19.6 Å². The number of benzene rings is 1. The molecule has 1 aliphatic heterocycles. The second kappa shape index (κ2) is 5.89. The predicted molar refractivity (Wildman–Crippen MR) is 73.0 cm³/mol. The van der Waals surface area contributed by atoms with Crippen LogP contribution in [0.1, 0.15) is 32.6 Å². The zero-order valence-electron chi connectivity index (χ0n) is 11.2. The summed E-state index contributed by atoms with van der Waals surface area (Å²) < 4.78 is 5.13. The number of hydrogen-bond acceptors (Lipinski definition) is 2. The molecule has 1 aliphatic rings. The zero-order chi connectivity index (χ0) is 13.0. The topological polar surface area (TPSA) is 29.5 Å². The van der Waals surface area contributed by atoms with E-state index in [1.54, 1.807) is 7.11 Å². The van der Waals surface area contributed by atoms with Crippen LogP contribution in [0.5, 0.6) is 5.75 Å². The molecular formula is C15H21NO2. The van der Waals surface area contributed by atoms with Crippen molar-refractivity contribution in [2.24, 2.45) is 5.92 Å². The van der Waals surface area contributed by atoms with Crippen molar-refractivity contribution >= 4 is 11.6 Å². The predicted octanol–water partition coefficient (Wildman–Crippen LogP) is 3.24. The van der Waals surface area contributed by atoms with Gasteiger partial charge in [-0.25, -0.2) is 0 Å². The number of anilines is 1. The summed E-state index contributed by atoms with van der Waals surface area (Å²) in [5, 5.41) is 0. The summed E-state index contributed by atoms with van der Waals surface area (Å²) in [6, 6.07) is 7.72. The number of carbonyl (C=O) groups excluding carboxylic acids is 1. The molecule has 1 saturated heterocycles. The second-order valence-electron chi connectivity index (χ2n) is 4.91. The molecular weight excluding hydrogens is 226 g/mol. The summed E-state index contributed by atoms with van der Waals surface area (Å²) in [5.41, 5.74) is 0.986. The van der Waals surface area contributed by atoms with Crippen molar-refractivity contribution in [3.8, 4) is 5.75 Å². The summed E-state index contributed by atoms with van der Waals surface area (Å²) in [4.78, 5) is 13.9. The molecule has 1 aromatic carbocycles. The Balaban J connectivity index is 2.02. The number of rotatable bonds is 5. The Hall–Kier alpha value is -1.51. The summed E-state index contributed by atoms with van der Waals surface area (Å²) in [6.07, 6.45) is 4.28. The lowest BCUT2D eigenvalue weighted by molar-refractivity contribution is -0.117. The Kier molecular flexibility index (Phi) is 4.24. The van der Waals surface area contributed by atoms with Crippen LogP contribution in [0.15, 0.2) is 24.3 Å². The van der Waals surface area contributed by atoms with Crippen molar-refractivity contribution in [3.63, 3.8) is 0 Å². The molecule has 0 radical (unpaired) electrons. The maximum absolute atomic E-state index is 12.0. The third-order valence-electron chi connectivity index (χ3n) is 3.56. The standard InChI is InChI=1S/C15H21NO2/c1-3-4-5-12-10-15(17)16(11-12)13-6-8-14(18-2)9-7-13/h6-9,12H,3-5,10-11H2,1-2H3/t12-/m1/s1. The van der Waals surface area contributed by atoms with Gasteiger partial charge in [-0.15, -0.1) is 0 Å². The molecule has 2 rings (SSSR count). The highest BCUT2D eigenvalue weighted by Gasteiger charge is 2.29. The average Bonchev–Trinajstić information content (AvgIpc) is 2.78. The van der Waals surface area contributed by atoms with E-state index in [1.807, 2.05) is 29.2 Å². The number of methoxy groups -OCH3 is 1. The van der Waals surface area contributed by atoms with Crippen LogP contribution in [0.4, 0.5) is 5.69 Å². The van der Waals surface area contributed by atoms with Crippen LogP contribution in [0.3, 0.4) is 0 Å². The molecule has 0 bridgehead atoms. The third kappa shape index (κ3) is 2.84.